The Morgan fingerprint density at radius 1 is 1.14 bits per heavy atom. The normalized spacial score (nSPS) is 11.2. The van der Waals surface area contributed by atoms with Gasteiger partial charge in [-0.25, -0.2) is 14.8 Å². The van der Waals surface area contributed by atoms with Gasteiger partial charge in [0.1, 0.15) is 6.33 Å². The first-order valence-electron chi connectivity index (χ1n) is 6.78. The van der Waals surface area contributed by atoms with Crippen LogP contribution in [0.15, 0.2) is 54.6 Å². The van der Waals surface area contributed by atoms with E-state index in [0.717, 1.165) is 29.5 Å². The number of rotatable bonds is 5. The minimum absolute atomic E-state index is 0.299. The lowest BCUT2D eigenvalue weighted by molar-refractivity contribution is -0.134. The first-order valence-corrected chi connectivity index (χ1v) is 6.78. The Morgan fingerprint density at radius 2 is 1.81 bits per heavy atom. The van der Waals surface area contributed by atoms with Crippen molar-refractivity contribution in [2.75, 3.05) is 7.11 Å². The van der Waals surface area contributed by atoms with Gasteiger partial charge in [0.2, 0.25) is 0 Å². The van der Waals surface area contributed by atoms with Crippen molar-refractivity contribution in [3.05, 3.63) is 60.2 Å². The number of esters is 1. The average molecular weight is 282 g/mol. The van der Waals surface area contributed by atoms with Gasteiger partial charge in [-0.05, 0) is 30.9 Å². The highest BCUT2D eigenvalue weighted by Crippen LogP contribution is 2.18. The quantitative estimate of drug-likeness (QED) is 0.624. The van der Waals surface area contributed by atoms with E-state index >= 15 is 0 Å². The molecule has 0 atom stereocenters. The molecule has 0 aliphatic carbocycles. The minimum atomic E-state index is -0.299. The Hall–Kier alpha value is -2.49. The van der Waals surface area contributed by atoms with Crippen molar-refractivity contribution in [2.45, 2.75) is 19.8 Å². The zero-order valence-electron chi connectivity index (χ0n) is 12.2. The minimum Gasteiger partial charge on any atom is -0.466 e. The van der Waals surface area contributed by atoms with Crippen LogP contribution in [0.2, 0.25) is 0 Å². The van der Waals surface area contributed by atoms with Crippen LogP contribution in [0.5, 0.6) is 0 Å². The van der Waals surface area contributed by atoms with E-state index in [1.165, 1.54) is 25.1 Å². The molecule has 0 saturated carbocycles. The van der Waals surface area contributed by atoms with Gasteiger partial charge < -0.3 is 4.74 Å². The lowest BCUT2D eigenvalue weighted by Crippen LogP contribution is -1.96. The second kappa shape index (κ2) is 7.33. The first kappa shape index (κ1) is 14.9. The van der Waals surface area contributed by atoms with Crippen LogP contribution < -0.4 is 0 Å². The maximum Gasteiger partial charge on any atom is 0.330 e. The smallest absolute Gasteiger partial charge is 0.330 e. The molecule has 21 heavy (non-hydrogen) atoms. The molecule has 0 N–H and O–H groups in total. The van der Waals surface area contributed by atoms with E-state index in [2.05, 4.69) is 39.0 Å². The van der Waals surface area contributed by atoms with Crippen LogP contribution in [0, 0.1) is 0 Å². The fourth-order valence-electron chi connectivity index (χ4n) is 1.99. The summed E-state index contributed by atoms with van der Waals surface area (Å²) < 4.78 is 4.61. The maximum absolute atomic E-state index is 11.1. The lowest BCUT2D eigenvalue weighted by atomic mass is 10.0. The zero-order chi connectivity index (χ0) is 15.1. The van der Waals surface area contributed by atoms with Gasteiger partial charge in [-0.2, -0.15) is 0 Å². The predicted octanol–water partition coefficient (Wildman–Crippen LogP) is 3.20. The SMILES string of the molecule is COC(=O)/C=C(\C)CCc1ccc(-c2cncnc2)cc1. The summed E-state index contributed by atoms with van der Waals surface area (Å²) in [6.45, 7) is 1.94. The third-order valence-electron chi connectivity index (χ3n) is 3.22. The van der Waals surface area contributed by atoms with Crippen LogP contribution in [-0.4, -0.2) is 23.0 Å². The predicted molar refractivity (Wildman–Crippen MR) is 81.6 cm³/mol. The molecular weight excluding hydrogens is 264 g/mol. The van der Waals surface area contributed by atoms with Gasteiger partial charge in [-0.3, -0.25) is 0 Å². The number of allylic oxidation sites excluding steroid dienone is 1. The summed E-state index contributed by atoms with van der Waals surface area (Å²) in [5, 5.41) is 0. The van der Waals surface area contributed by atoms with Crippen LogP contribution in [-0.2, 0) is 16.0 Å². The van der Waals surface area contributed by atoms with Gasteiger partial charge in [0.15, 0.2) is 0 Å². The largest absolute Gasteiger partial charge is 0.466 e. The highest BCUT2D eigenvalue weighted by molar-refractivity contribution is 5.82. The van der Waals surface area contributed by atoms with Crippen molar-refractivity contribution < 1.29 is 9.53 Å². The third kappa shape index (κ3) is 4.53. The number of aromatic nitrogens is 2. The molecule has 4 heteroatoms. The third-order valence-corrected chi connectivity index (χ3v) is 3.22. The van der Waals surface area contributed by atoms with Crippen LogP contribution in [0.25, 0.3) is 11.1 Å². The number of benzene rings is 1. The van der Waals surface area contributed by atoms with E-state index in [9.17, 15) is 4.79 Å². The molecule has 0 saturated heterocycles. The van der Waals surface area contributed by atoms with E-state index < -0.39 is 0 Å². The van der Waals surface area contributed by atoms with Gasteiger partial charge >= 0.3 is 5.97 Å². The molecule has 2 aromatic rings. The second-order valence-electron chi connectivity index (χ2n) is 4.84. The van der Waals surface area contributed by atoms with E-state index in [1.807, 2.05) is 6.92 Å². The maximum atomic E-state index is 11.1. The molecule has 0 amide bonds. The summed E-state index contributed by atoms with van der Waals surface area (Å²) in [6.07, 6.45) is 8.38. The van der Waals surface area contributed by atoms with Gasteiger partial charge in [0.25, 0.3) is 0 Å². The van der Waals surface area contributed by atoms with Crippen molar-refractivity contribution in [1.29, 1.82) is 0 Å². The van der Waals surface area contributed by atoms with Crippen LogP contribution in [0.4, 0.5) is 0 Å². The molecule has 0 bridgehead atoms. The summed E-state index contributed by atoms with van der Waals surface area (Å²) >= 11 is 0. The van der Waals surface area contributed by atoms with Crippen molar-refractivity contribution in [3.63, 3.8) is 0 Å². The Kier molecular flexibility index (Phi) is 5.21. The molecule has 1 aromatic carbocycles. The number of carbonyl (C=O) groups excluding carboxylic acids is 1. The molecule has 0 radical (unpaired) electrons. The van der Waals surface area contributed by atoms with E-state index in [-0.39, 0.29) is 5.97 Å². The molecule has 1 aromatic heterocycles. The number of ether oxygens (including phenoxy) is 1. The summed E-state index contributed by atoms with van der Waals surface area (Å²) in [6, 6.07) is 8.31. The number of hydrogen-bond donors (Lipinski definition) is 0. The van der Waals surface area contributed by atoms with Crippen molar-refractivity contribution in [1.82, 2.24) is 9.97 Å². The molecule has 0 fully saturated rings. The highest BCUT2D eigenvalue weighted by Gasteiger charge is 2.01. The van der Waals surface area contributed by atoms with Gasteiger partial charge in [0.05, 0.1) is 7.11 Å². The summed E-state index contributed by atoms with van der Waals surface area (Å²) in [5.41, 5.74) is 4.35. The molecular formula is C17H18N2O2. The van der Waals surface area contributed by atoms with E-state index in [4.69, 9.17) is 0 Å². The van der Waals surface area contributed by atoms with Crippen LogP contribution >= 0.6 is 0 Å². The van der Waals surface area contributed by atoms with Gasteiger partial charge in [-0.15, -0.1) is 0 Å². The molecule has 0 aliphatic heterocycles. The summed E-state index contributed by atoms with van der Waals surface area (Å²) in [7, 11) is 1.39. The van der Waals surface area contributed by atoms with Crippen molar-refractivity contribution in [3.8, 4) is 11.1 Å². The average Bonchev–Trinajstić information content (AvgIpc) is 2.54. The summed E-state index contributed by atoms with van der Waals surface area (Å²) in [5.74, 6) is -0.299. The number of aryl methyl sites for hydroxylation is 1. The highest BCUT2D eigenvalue weighted by atomic mass is 16.5. The Balaban J connectivity index is 1.97. The van der Waals surface area contributed by atoms with Crippen molar-refractivity contribution in [2.24, 2.45) is 0 Å². The number of nitrogens with zero attached hydrogens (tertiary/aromatic N) is 2. The van der Waals surface area contributed by atoms with E-state index in [0.29, 0.717) is 0 Å². The molecule has 0 unspecified atom stereocenters. The second-order valence-corrected chi connectivity index (χ2v) is 4.84. The zero-order valence-corrected chi connectivity index (χ0v) is 12.2. The topological polar surface area (TPSA) is 52.1 Å². The molecule has 108 valence electrons. The van der Waals surface area contributed by atoms with Crippen LogP contribution in [0.3, 0.4) is 0 Å². The first-order chi connectivity index (χ1) is 10.2. The molecule has 4 nitrogen and oxygen atoms in total. The fraction of sp³-hybridized carbons (Fsp3) is 0.235. The number of hydrogen-bond acceptors (Lipinski definition) is 4. The molecule has 0 spiro atoms. The Morgan fingerprint density at radius 3 is 2.43 bits per heavy atom. The van der Waals surface area contributed by atoms with Crippen molar-refractivity contribution >= 4 is 5.97 Å². The number of methoxy groups -OCH3 is 1. The van der Waals surface area contributed by atoms with E-state index in [1.54, 1.807) is 12.4 Å². The van der Waals surface area contributed by atoms with Crippen LogP contribution in [0.1, 0.15) is 18.9 Å². The Labute approximate surface area is 124 Å². The standard InChI is InChI=1S/C17H18N2O2/c1-13(9-17(20)21-2)3-4-14-5-7-15(8-6-14)16-10-18-12-19-11-16/h5-12H,3-4H2,1-2H3/b13-9+. The summed E-state index contributed by atoms with van der Waals surface area (Å²) in [4.78, 5) is 19.2. The molecule has 2 rings (SSSR count). The van der Waals surface area contributed by atoms with Gasteiger partial charge in [-0.1, -0.05) is 29.8 Å². The molecule has 0 aliphatic rings. The molecule has 1 heterocycles. The lowest BCUT2D eigenvalue weighted by Gasteiger charge is -2.04. The monoisotopic (exact) mass is 282 g/mol. The fourth-order valence-corrected chi connectivity index (χ4v) is 1.99. The number of carbonyl (C=O) groups is 1. The Bertz CT molecular complexity index is 619. The van der Waals surface area contributed by atoms with Gasteiger partial charge in [0, 0.05) is 24.0 Å².